The van der Waals surface area contributed by atoms with Crippen LogP contribution in [0.25, 0.3) is 0 Å². The van der Waals surface area contributed by atoms with Gasteiger partial charge in [-0.2, -0.15) is 5.10 Å². The molecule has 3 rings (SSSR count). The molecular formula is C20H37N3. The first-order chi connectivity index (χ1) is 11.1. The lowest BCUT2D eigenvalue weighted by atomic mass is 9.97. The van der Waals surface area contributed by atoms with Crippen LogP contribution >= 0.6 is 0 Å². The van der Waals surface area contributed by atoms with E-state index in [1.807, 2.05) is 13.8 Å². The Bertz CT molecular complexity index is 469. The molecule has 3 heteroatoms. The second-order valence-electron chi connectivity index (χ2n) is 6.63. The monoisotopic (exact) mass is 319 g/mol. The molecule has 1 aromatic heterocycles. The van der Waals surface area contributed by atoms with Crippen LogP contribution in [-0.2, 0) is 13.1 Å². The number of fused-ring (bicyclic) bond motifs is 1. The summed E-state index contributed by atoms with van der Waals surface area (Å²) in [7, 11) is 0. The number of allylic oxidation sites excluding steroid dienone is 1. The smallest absolute Gasteiger partial charge is 0.0614 e. The van der Waals surface area contributed by atoms with Crippen LogP contribution in [0, 0.1) is 0 Å². The van der Waals surface area contributed by atoms with E-state index < -0.39 is 0 Å². The van der Waals surface area contributed by atoms with E-state index >= 15 is 0 Å². The van der Waals surface area contributed by atoms with Gasteiger partial charge in [0, 0.05) is 11.7 Å². The summed E-state index contributed by atoms with van der Waals surface area (Å²) in [5, 5.41) is 4.61. The second kappa shape index (κ2) is 9.79. The molecule has 0 bridgehead atoms. The van der Waals surface area contributed by atoms with Gasteiger partial charge in [0.1, 0.15) is 0 Å². The lowest BCUT2D eigenvalue weighted by molar-refractivity contribution is 0.191. The number of nitrogens with zero attached hydrogens (tertiary/aromatic N) is 3. The number of aromatic nitrogens is 2. The molecule has 23 heavy (non-hydrogen) atoms. The first-order valence-corrected chi connectivity index (χ1v) is 9.55. The van der Waals surface area contributed by atoms with Crippen molar-refractivity contribution in [2.24, 2.45) is 0 Å². The molecule has 132 valence electrons. The summed E-state index contributed by atoms with van der Waals surface area (Å²) < 4.78 is 2.22. The largest absolute Gasteiger partial charge is 0.365 e. The molecule has 2 aliphatic rings. The highest BCUT2D eigenvalue weighted by molar-refractivity contribution is 5.25. The molecule has 0 spiro atoms. The quantitative estimate of drug-likeness (QED) is 0.695. The van der Waals surface area contributed by atoms with E-state index in [2.05, 4.69) is 55.2 Å². The van der Waals surface area contributed by atoms with Crippen molar-refractivity contribution < 1.29 is 0 Å². The van der Waals surface area contributed by atoms with Gasteiger partial charge in [-0.05, 0) is 38.2 Å². The molecule has 0 amide bonds. The molecule has 1 aromatic rings. The van der Waals surface area contributed by atoms with Gasteiger partial charge in [-0.15, -0.1) is 0 Å². The van der Waals surface area contributed by atoms with Crippen LogP contribution in [0.4, 0.5) is 0 Å². The summed E-state index contributed by atoms with van der Waals surface area (Å²) in [4.78, 5) is 2.41. The molecule has 1 atom stereocenters. The van der Waals surface area contributed by atoms with Gasteiger partial charge in [0.2, 0.25) is 0 Å². The van der Waals surface area contributed by atoms with Crippen LogP contribution in [0.15, 0.2) is 18.5 Å². The molecule has 1 aliphatic carbocycles. The predicted molar refractivity (Wildman–Crippen MR) is 101 cm³/mol. The van der Waals surface area contributed by atoms with Crippen molar-refractivity contribution in [2.45, 2.75) is 98.7 Å². The van der Waals surface area contributed by atoms with Crippen LogP contribution in [0.1, 0.15) is 90.8 Å². The summed E-state index contributed by atoms with van der Waals surface area (Å²) in [5.41, 5.74) is 4.11. The lowest BCUT2D eigenvalue weighted by Gasteiger charge is -2.36. The van der Waals surface area contributed by atoms with Gasteiger partial charge in [-0.3, -0.25) is 4.68 Å². The fraction of sp³-hybridized carbons (Fsp3) is 0.750. The molecule has 1 saturated carbocycles. The Hall–Kier alpha value is -1.25. The number of hydrogen-bond acceptors (Lipinski definition) is 2. The molecule has 0 N–H and O–H groups in total. The standard InChI is InChI=1S/C15H23N3.C3H8.C2H6/c1-11(2)17-10-15-14(13-6-4-5-7-13)8-16-18(15)9-12(17)3;1-3-2;1-2/h8,12-13H,1,4-7,9-10H2,2-3H3;3H2,1-2H3;1-2H3. The van der Waals surface area contributed by atoms with E-state index in [1.165, 1.54) is 49.1 Å². The van der Waals surface area contributed by atoms with Crippen LogP contribution in [0.5, 0.6) is 0 Å². The Balaban J connectivity index is 0.000000477. The van der Waals surface area contributed by atoms with Gasteiger partial charge in [-0.1, -0.05) is 53.5 Å². The van der Waals surface area contributed by atoms with Crippen LogP contribution in [-0.4, -0.2) is 20.7 Å². The molecule has 2 heterocycles. The maximum atomic E-state index is 4.61. The molecule has 0 saturated heterocycles. The van der Waals surface area contributed by atoms with Crippen molar-refractivity contribution in [2.75, 3.05) is 0 Å². The summed E-state index contributed by atoms with van der Waals surface area (Å²) in [6, 6.07) is 0.506. The fourth-order valence-corrected chi connectivity index (χ4v) is 3.51. The fourth-order valence-electron chi connectivity index (χ4n) is 3.51. The third-order valence-corrected chi connectivity index (χ3v) is 4.56. The SMILES string of the molecule is C=C(C)N1Cc2c(C3CCCC3)cnn2CC1C.CC.CCC. The normalized spacial score (nSPS) is 20.1. The Morgan fingerprint density at radius 1 is 1.26 bits per heavy atom. The highest BCUT2D eigenvalue weighted by Gasteiger charge is 2.29. The van der Waals surface area contributed by atoms with Crippen molar-refractivity contribution in [1.82, 2.24) is 14.7 Å². The van der Waals surface area contributed by atoms with E-state index in [1.54, 1.807) is 0 Å². The second-order valence-corrected chi connectivity index (χ2v) is 6.63. The van der Waals surface area contributed by atoms with Crippen molar-refractivity contribution in [3.8, 4) is 0 Å². The zero-order valence-electron chi connectivity index (χ0n) is 16.2. The Morgan fingerprint density at radius 3 is 2.35 bits per heavy atom. The van der Waals surface area contributed by atoms with Crippen molar-refractivity contribution in [1.29, 1.82) is 0 Å². The number of hydrogen-bond donors (Lipinski definition) is 0. The topological polar surface area (TPSA) is 21.1 Å². The summed E-state index contributed by atoms with van der Waals surface area (Å²) in [5.74, 6) is 0.758. The van der Waals surface area contributed by atoms with Crippen LogP contribution < -0.4 is 0 Å². The summed E-state index contributed by atoms with van der Waals surface area (Å²) >= 11 is 0. The maximum absolute atomic E-state index is 4.61. The Kier molecular flexibility index (Phi) is 8.43. The van der Waals surface area contributed by atoms with Crippen molar-refractivity contribution >= 4 is 0 Å². The minimum atomic E-state index is 0.506. The van der Waals surface area contributed by atoms with Gasteiger partial charge in [0.15, 0.2) is 0 Å². The van der Waals surface area contributed by atoms with E-state index in [4.69, 9.17) is 0 Å². The Morgan fingerprint density at radius 2 is 1.83 bits per heavy atom. The highest BCUT2D eigenvalue weighted by Crippen LogP contribution is 2.37. The average Bonchev–Trinajstić information content (AvgIpc) is 3.17. The maximum Gasteiger partial charge on any atom is 0.0614 e. The van der Waals surface area contributed by atoms with Gasteiger partial charge in [0.05, 0.1) is 25.0 Å². The van der Waals surface area contributed by atoms with E-state index in [0.717, 1.165) is 19.0 Å². The van der Waals surface area contributed by atoms with E-state index in [9.17, 15) is 0 Å². The number of rotatable bonds is 2. The average molecular weight is 320 g/mol. The molecule has 1 unspecified atom stereocenters. The Labute approximate surface area is 143 Å². The first kappa shape index (κ1) is 19.8. The minimum Gasteiger partial charge on any atom is -0.365 e. The molecule has 0 aromatic carbocycles. The molecule has 1 fully saturated rings. The molecular weight excluding hydrogens is 282 g/mol. The highest BCUT2D eigenvalue weighted by atomic mass is 15.3. The zero-order chi connectivity index (χ0) is 17.4. The van der Waals surface area contributed by atoms with E-state index in [-0.39, 0.29) is 0 Å². The van der Waals surface area contributed by atoms with Gasteiger partial charge in [0.25, 0.3) is 0 Å². The first-order valence-electron chi connectivity index (χ1n) is 9.55. The predicted octanol–water partition coefficient (Wildman–Crippen LogP) is 5.72. The third-order valence-electron chi connectivity index (χ3n) is 4.56. The lowest BCUT2D eigenvalue weighted by Crippen LogP contribution is -2.40. The molecule has 0 radical (unpaired) electrons. The third kappa shape index (κ3) is 4.86. The van der Waals surface area contributed by atoms with Gasteiger partial charge in [-0.25, -0.2) is 0 Å². The van der Waals surface area contributed by atoms with Gasteiger partial charge < -0.3 is 4.90 Å². The summed E-state index contributed by atoms with van der Waals surface area (Å²) in [6.45, 7) is 18.7. The van der Waals surface area contributed by atoms with Crippen LogP contribution in [0.2, 0.25) is 0 Å². The zero-order valence-corrected chi connectivity index (χ0v) is 16.2. The van der Waals surface area contributed by atoms with Crippen LogP contribution in [0.3, 0.4) is 0 Å². The minimum absolute atomic E-state index is 0.506. The van der Waals surface area contributed by atoms with E-state index in [0.29, 0.717) is 6.04 Å². The molecule has 1 aliphatic heterocycles. The summed E-state index contributed by atoms with van der Waals surface area (Å²) in [6.07, 6.45) is 8.84. The van der Waals surface area contributed by atoms with Crippen molar-refractivity contribution in [3.05, 3.63) is 29.7 Å². The van der Waals surface area contributed by atoms with Gasteiger partial charge >= 0.3 is 0 Å². The van der Waals surface area contributed by atoms with Crippen molar-refractivity contribution in [3.63, 3.8) is 0 Å². The molecule has 3 nitrogen and oxygen atoms in total.